The largest absolute Gasteiger partial charge is 0.380 e. The van der Waals surface area contributed by atoms with Gasteiger partial charge in [-0.2, -0.15) is 0 Å². The molecule has 120 valence electrons. The Morgan fingerprint density at radius 1 is 0.875 bits per heavy atom. The maximum absolute atomic E-state index is 11.9. The summed E-state index contributed by atoms with van der Waals surface area (Å²) < 4.78 is 0. The van der Waals surface area contributed by atoms with Gasteiger partial charge in [0.25, 0.3) is 0 Å². The highest BCUT2D eigenvalue weighted by atomic mass is 16.2. The fourth-order valence-electron chi connectivity index (χ4n) is 2.08. The summed E-state index contributed by atoms with van der Waals surface area (Å²) in [5.41, 5.74) is 2.74. The predicted molar refractivity (Wildman–Crippen MR) is 94.9 cm³/mol. The molecule has 3 aromatic rings. The van der Waals surface area contributed by atoms with E-state index in [4.69, 9.17) is 0 Å². The van der Waals surface area contributed by atoms with E-state index in [1.165, 1.54) is 0 Å². The third kappa shape index (κ3) is 4.54. The SMILES string of the molecule is O=C(Nc1ccccc1)Nc1ccc(NCc2ccncc2)cn1. The minimum Gasteiger partial charge on any atom is -0.380 e. The first kappa shape index (κ1) is 15.5. The second-order valence-corrected chi connectivity index (χ2v) is 5.09. The maximum Gasteiger partial charge on any atom is 0.324 e. The molecule has 0 fully saturated rings. The molecule has 2 heterocycles. The number of pyridine rings is 2. The maximum atomic E-state index is 11.9. The molecule has 0 unspecified atom stereocenters. The minimum absolute atomic E-state index is 0.328. The van der Waals surface area contributed by atoms with Crippen LogP contribution < -0.4 is 16.0 Å². The van der Waals surface area contributed by atoms with Crippen molar-refractivity contribution in [2.75, 3.05) is 16.0 Å². The number of carbonyl (C=O) groups excluding carboxylic acids is 1. The van der Waals surface area contributed by atoms with Gasteiger partial charge in [-0.1, -0.05) is 18.2 Å². The van der Waals surface area contributed by atoms with E-state index in [2.05, 4.69) is 25.9 Å². The molecular formula is C18H17N5O. The molecule has 0 atom stereocenters. The first-order chi connectivity index (χ1) is 11.8. The summed E-state index contributed by atoms with van der Waals surface area (Å²) >= 11 is 0. The summed E-state index contributed by atoms with van der Waals surface area (Å²) in [7, 11) is 0. The molecular weight excluding hydrogens is 302 g/mol. The predicted octanol–water partition coefficient (Wildman–Crippen LogP) is 3.73. The van der Waals surface area contributed by atoms with Gasteiger partial charge in [-0.15, -0.1) is 0 Å². The number of nitrogens with zero attached hydrogens (tertiary/aromatic N) is 2. The molecule has 0 saturated heterocycles. The summed E-state index contributed by atoms with van der Waals surface area (Å²) in [6, 6.07) is 16.4. The zero-order valence-corrected chi connectivity index (χ0v) is 12.9. The van der Waals surface area contributed by atoms with E-state index in [1.807, 2.05) is 48.5 Å². The summed E-state index contributed by atoms with van der Waals surface area (Å²) in [6.45, 7) is 0.686. The fourth-order valence-corrected chi connectivity index (χ4v) is 2.08. The lowest BCUT2D eigenvalue weighted by molar-refractivity contribution is 0.262. The zero-order chi connectivity index (χ0) is 16.6. The van der Waals surface area contributed by atoms with Gasteiger partial charge in [0.15, 0.2) is 0 Å². The van der Waals surface area contributed by atoms with Crippen molar-refractivity contribution in [3.63, 3.8) is 0 Å². The number of aromatic nitrogens is 2. The van der Waals surface area contributed by atoms with Crippen LogP contribution in [0.3, 0.4) is 0 Å². The van der Waals surface area contributed by atoms with Gasteiger partial charge in [0, 0.05) is 24.6 Å². The molecule has 24 heavy (non-hydrogen) atoms. The van der Waals surface area contributed by atoms with E-state index in [1.54, 1.807) is 24.7 Å². The lowest BCUT2D eigenvalue weighted by Gasteiger charge is -2.09. The first-order valence-corrected chi connectivity index (χ1v) is 7.51. The van der Waals surface area contributed by atoms with E-state index >= 15 is 0 Å². The molecule has 0 radical (unpaired) electrons. The summed E-state index contributed by atoms with van der Waals surface area (Å²) in [4.78, 5) is 20.1. The minimum atomic E-state index is -0.328. The second-order valence-electron chi connectivity index (χ2n) is 5.09. The topological polar surface area (TPSA) is 78.9 Å². The molecule has 6 heteroatoms. The van der Waals surface area contributed by atoms with Crippen molar-refractivity contribution >= 4 is 23.2 Å². The van der Waals surface area contributed by atoms with Crippen molar-refractivity contribution in [1.82, 2.24) is 9.97 Å². The van der Waals surface area contributed by atoms with E-state index < -0.39 is 0 Å². The fraction of sp³-hybridized carbons (Fsp3) is 0.0556. The van der Waals surface area contributed by atoms with Gasteiger partial charge in [-0.05, 0) is 42.0 Å². The summed E-state index contributed by atoms with van der Waals surface area (Å²) in [6.07, 6.45) is 5.20. The summed E-state index contributed by atoms with van der Waals surface area (Å²) in [5, 5.41) is 8.70. The van der Waals surface area contributed by atoms with Gasteiger partial charge in [-0.25, -0.2) is 9.78 Å². The molecule has 0 aliphatic heterocycles. The molecule has 0 bridgehead atoms. The smallest absolute Gasteiger partial charge is 0.324 e. The van der Waals surface area contributed by atoms with Crippen LogP contribution in [0.15, 0.2) is 73.2 Å². The van der Waals surface area contributed by atoms with Gasteiger partial charge in [0.1, 0.15) is 5.82 Å². The number of hydrogen-bond donors (Lipinski definition) is 3. The van der Waals surface area contributed by atoms with Gasteiger partial charge >= 0.3 is 6.03 Å². The third-order valence-corrected chi connectivity index (χ3v) is 3.28. The van der Waals surface area contributed by atoms with Crippen molar-refractivity contribution in [2.24, 2.45) is 0 Å². The molecule has 0 saturated carbocycles. The number of benzene rings is 1. The van der Waals surface area contributed by atoms with E-state index in [9.17, 15) is 4.79 Å². The van der Waals surface area contributed by atoms with Gasteiger partial charge in [0.2, 0.25) is 0 Å². The van der Waals surface area contributed by atoms with Crippen LogP contribution in [0.4, 0.5) is 22.0 Å². The normalized spacial score (nSPS) is 10.0. The van der Waals surface area contributed by atoms with Crippen molar-refractivity contribution in [1.29, 1.82) is 0 Å². The number of amides is 2. The van der Waals surface area contributed by atoms with E-state index in [-0.39, 0.29) is 6.03 Å². The first-order valence-electron chi connectivity index (χ1n) is 7.51. The van der Waals surface area contributed by atoms with Crippen molar-refractivity contribution in [3.05, 3.63) is 78.8 Å². The highest BCUT2D eigenvalue weighted by Gasteiger charge is 2.03. The van der Waals surface area contributed by atoms with E-state index in [0.29, 0.717) is 12.4 Å². The molecule has 2 amide bonds. The number of anilines is 3. The quantitative estimate of drug-likeness (QED) is 0.669. The zero-order valence-electron chi connectivity index (χ0n) is 12.9. The third-order valence-electron chi connectivity index (χ3n) is 3.28. The monoisotopic (exact) mass is 319 g/mol. The van der Waals surface area contributed by atoms with Crippen LogP contribution in [-0.2, 0) is 6.54 Å². The molecule has 0 spiro atoms. The number of carbonyl (C=O) groups is 1. The Morgan fingerprint density at radius 3 is 2.38 bits per heavy atom. The lowest BCUT2D eigenvalue weighted by atomic mass is 10.2. The highest BCUT2D eigenvalue weighted by Crippen LogP contribution is 2.12. The average molecular weight is 319 g/mol. The Hall–Kier alpha value is -3.41. The van der Waals surface area contributed by atoms with Crippen LogP contribution in [0.25, 0.3) is 0 Å². The van der Waals surface area contributed by atoms with Crippen LogP contribution in [-0.4, -0.2) is 16.0 Å². The Kier molecular flexibility index (Phi) is 4.99. The van der Waals surface area contributed by atoms with Gasteiger partial charge in [0.05, 0.1) is 11.9 Å². The van der Waals surface area contributed by atoms with Crippen molar-refractivity contribution in [3.8, 4) is 0 Å². The van der Waals surface area contributed by atoms with E-state index in [0.717, 1.165) is 16.9 Å². The number of nitrogens with one attached hydrogen (secondary N) is 3. The number of rotatable bonds is 5. The number of hydrogen-bond acceptors (Lipinski definition) is 4. The number of urea groups is 1. The number of para-hydroxylation sites is 1. The van der Waals surface area contributed by atoms with Crippen LogP contribution >= 0.6 is 0 Å². The molecule has 2 aromatic heterocycles. The van der Waals surface area contributed by atoms with Crippen molar-refractivity contribution in [2.45, 2.75) is 6.54 Å². The van der Waals surface area contributed by atoms with Gasteiger partial charge in [-0.3, -0.25) is 10.3 Å². The molecule has 1 aromatic carbocycles. The van der Waals surface area contributed by atoms with Crippen LogP contribution in [0.1, 0.15) is 5.56 Å². The average Bonchev–Trinajstić information content (AvgIpc) is 2.63. The Morgan fingerprint density at radius 2 is 1.67 bits per heavy atom. The van der Waals surface area contributed by atoms with Crippen molar-refractivity contribution < 1.29 is 4.79 Å². The molecule has 0 aliphatic rings. The molecule has 0 aliphatic carbocycles. The molecule has 3 rings (SSSR count). The second kappa shape index (κ2) is 7.73. The van der Waals surface area contributed by atoms with Gasteiger partial charge < -0.3 is 10.6 Å². The Balaban J connectivity index is 1.51. The molecule has 3 N–H and O–H groups in total. The standard InChI is InChI=1S/C18H17N5O/c24-18(22-15-4-2-1-3-5-15)23-17-7-6-16(13-21-17)20-12-14-8-10-19-11-9-14/h1-11,13,20H,12H2,(H2,21,22,23,24). The highest BCUT2D eigenvalue weighted by molar-refractivity contribution is 5.99. The van der Waals surface area contributed by atoms with Crippen LogP contribution in [0.5, 0.6) is 0 Å². The summed E-state index contributed by atoms with van der Waals surface area (Å²) in [5.74, 6) is 0.484. The van der Waals surface area contributed by atoms with Crippen LogP contribution in [0.2, 0.25) is 0 Å². The Labute approximate surface area is 140 Å². The lowest BCUT2D eigenvalue weighted by Crippen LogP contribution is -2.19. The molecule has 6 nitrogen and oxygen atoms in total. The van der Waals surface area contributed by atoms with Crippen LogP contribution in [0, 0.1) is 0 Å². The Bertz CT molecular complexity index is 776.